The fourth-order valence-corrected chi connectivity index (χ4v) is 3.99. The van der Waals surface area contributed by atoms with Crippen molar-refractivity contribution in [2.45, 2.75) is 45.3 Å². The fraction of sp³-hybridized carbons (Fsp3) is 0.500. The van der Waals surface area contributed by atoms with Gasteiger partial charge in [-0.15, -0.1) is 0 Å². The molecule has 1 heterocycles. The number of carboxylic acid groups (broad SMARTS) is 1. The highest BCUT2D eigenvalue weighted by Crippen LogP contribution is 2.22. The summed E-state index contributed by atoms with van der Waals surface area (Å²) in [6, 6.07) is 4.63. The van der Waals surface area contributed by atoms with Crippen molar-refractivity contribution in [3.05, 3.63) is 34.7 Å². The Morgan fingerprint density at radius 1 is 1.32 bits per heavy atom. The van der Waals surface area contributed by atoms with Gasteiger partial charge in [0.2, 0.25) is 11.0 Å². The van der Waals surface area contributed by atoms with Crippen LogP contribution in [0.3, 0.4) is 0 Å². The Morgan fingerprint density at radius 3 is 2.74 bits per heavy atom. The minimum Gasteiger partial charge on any atom is -0.480 e. The van der Waals surface area contributed by atoms with Crippen molar-refractivity contribution in [1.29, 1.82) is 0 Å². The van der Waals surface area contributed by atoms with E-state index in [1.165, 1.54) is 24.0 Å². The van der Waals surface area contributed by atoms with Crippen LogP contribution in [0.15, 0.2) is 29.4 Å². The number of thioether (sulfide) groups is 1. The molecule has 1 unspecified atom stereocenters. The average Bonchev–Trinajstić information content (AvgIpc) is 3.21. The second-order valence-electron chi connectivity index (χ2n) is 7.25. The van der Waals surface area contributed by atoms with Crippen molar-refractivity contribution in [3.63, 3.8) is 0 Å². The molecular weight excluding hydrogens is 426 g/mol. The van der Waals surface area contributed by atoms with Gasteiger partial charge in [-0.2, -0.15) is 4.91 Å². The first kappa shape index (κ1) is 24.3. The topological polar surface area (TPSA) is 142 Å². The monoisotopic (exact) mass is 451 g/mol. The van der Waals surface area contributed by atoms with Crippen LogP contribution in [0.4, 0.5) is 4.79 Å². The summed E-state index contributed by atoms with van der Waals surface area (Å²) in [5, 5.41) is 14.1. The van der Waals surface area contributed by atoms with Gasteiger partial charge in [0.15, 0.2) is 0 Å². The average molecular weight is 452 g/mol. The Kier molecular flexibility index (Phi) is 8.98. The molecule has 3 atom stereocenters. The van der Waals surface area contributed by atoms with Crippen molar-refractivity contribution in [2.24, 2.45) is 11.1 Å². The zero-order chi connectivity index (χ0) is 23.0. The summed E-state index contributed by atoms with van der Waals surface area (Å²) in [6.45, 7) is 3.49. The summed E-state index contributed by atoms with van der Waals surface area (Å²) >= 11 is 0.895. The Hall–Kier alpha value is -2.95. The third-order valence-electron chi connectivity index (χ3n) is 4.76. The van der Waals surface area contributed by atoms with E-state index in [0.29, 0.717) is 24.9 Å². The van der Waals surface area contributed by atoms with Gasteiger partial charge in [-0.25, -0.2) is 9.59 Å². The van der Waals surface area contributed by atoms with E-state index < -0.39 is 30.1 Å². The molecule has 1 aliphatic heterocycles. The van der Waals surface area contributed by atoms with E-state index in [1.807, 2.05) is 0 Å². The Labute approximate surface area is 183 Å². The number of aliphatic carboxylic acids is 1. The smallest absolute Gasteiger partial charge is 0.413 e. The van der Waals surface area contributed by atoms with Crippen LogP contribution in [-0.4, -0.2) is 57.5 Å². The summed E-state index contributed by atoms with van der Waals surface area (Å²) in [6.07, 6.45) is 0.236. The lowest BCUT2D eigenvalue weighted by molar-refractivity contribution is -0.149. The van der Waals surface area contributed by atoms with Gasteiger partial charge in [0.05, 0.1) is 6.04 Å². The van der Waals surface area contributed by atoms with Crippen LogP contribution in [-0.2, 0) is 20.9 Å². The SMILES string of the molecule is CC(NC(=O)Oc1cccc(CN=O)c1)C(=O)SC[C@@H](C)C(=O)N1CCC[C@H]1C(=O)O. The fourth-order valence-electron chi connectivity index (χ4n) is 3.13. The quantitative estimate of drug-likeness (QED) is 0.545. The molecule has 0 saturated carbocycles. The molecule has 10 nitrogen and oxygen atoms in total. The van der Waals surface area contributed by atoms with Crippen molar-refractivity contribution in [1.82, 2.24) is 10.2 Å². The van der Waals surface area contributed by atoms with E-state index >= 15 is 0 Å². The van der Waals surface area contributed by atoms with Crippen LogP contribution in [0.1, 0.15) is 32.3 Å². The third kappa shape index (κ3) is 7.06. The van der Waals surface area contributed by atoms with Crippen LogP contribution in [0.2, 0.25) is 0 Å². The Balaban J connectivity index is 1.80. The van der Waals surface area contributed by atoms with Crippen molar-refractivity contribution >= 4 is 34.8 Å². The molecule has 1 fully saturated rings. The maximum absolute atomic E-state index is 12.5. The van der Waals surface area contributed by atoms with Crippen LogP contribution in [0.5, 0.6) is 5.75 Å². The second-order valence-corrected chi connectivity index (χ2v) is 8.27. The number of hydrogen-bond donors (Lipinski definition) is 2. The van der Waals surface area contributed by atoms with E-state index in [1.54, 1.807) is 19.1 Å². The number of ether oxygens (including phenoxy) is 1. The number of amides is 2. The molecule has 1 aromatic carbocycles. The lowest BCUT2D eigenvalue weighted by atomic mass is 10.1. The van der Waals surface area contributed by atoms with Gasteiger partial charge in [0, 0.05) is 18.2 Å². The molecule has 1 aliphatic rings. The zero-order valence-corrected chi connectivity index (χ0v) is 18.1. The number of likely N-dealkylation sites (tertiary alicyclic amines) is 1. The molecule has 2 N–H and O–H groups in total. The highest BCUT2D eigenvalue weighted by Gasteiger charge is 2.36. The molecule has 31 heavy (non-hydrogen) atoms. The van der Waals surface area contributed by atoms with Gasteiger partial charge in [-0.3, -0.25) is 9.59 Å². The molecule has 0 bridgehead atoms. The van der Waals surface area contributed by atoms with E-state index in [9.17, 15) is 29.2 Å². The largest absolute Gasteiger partial charge is 0.480 e. The first-order chi connectivity index (χ1) is 14.7. The maximum atomic E-state index is 12.5. The number of nitrogens with one attached hydrogen (secondary N) is 1. The molecule has 0 aromatic heterocycles. The summed E-state index contributed by atoms with van der Waals surface area (Å²) in [5.41, 5.74) is 0.585. The van der Waals surface area contributed by atoms with Crippen LogP contribution >= 0.6 is 11.8 Å². The predicted molar refractivity (Wildman–Crippen MR) is 114 cm³/mol. The normalized spacial score (nSPS) is 17.5. The highest BCUT2D eigenvalue weighted by atomic mass is 32.2. The number of hydrogen-bond acceptors (Lipinski definition) is 8. The molecular formula is C20H25N3O7S. The minimum absolute atomic E-state index is 0.0497. The Morgan fingerprint density at radius 2 is 2.06 bits per heavy atom. The summed E-state index contributed by atoms with van der Waals surface area (Å²) in [7, 11) is 0. The first-order valence-corrected chi connectivity index (χ1v) is 10.8. The number of carbonyl (C=O) groups is 4. The number of nitrogens with zero attached hydrogens (tertiary/aromatic N) is 2. The minimum atomic E-state index is -1.02. The summed E-state index contributed by atoms with van der Waals surface area (Å²) in [5.74, 6) is -1.48. The number of carboxylic acids is 1. The number of nitroso groups, excluding NO2 is 1. The molecule has 1 saturated heterocycles. The lowest BCUT2D eigenvalue weighted by Crippen LogP contribution is -2.43. The van der Waals surface area contributed by atoms with Gasteiger partial charge < -0.3 is 20.1 Å². The summed E-state index contributed by atoms with van der Waals surface area (Å²) in [4.78, 5) is 59.8. The van der Waals surface area contributed by atoms with E-state index in [-0.39, 0.29) is 29.1 Å². The van der Waals surface area contributed by atoms with Crippen molar-refractivity contribution in [2.75, 3.05) is 12.3 Å². The van der Waals surface area contributed by atoms with Gasteiger partial charge >= 0.3 is 12.1 Å². The van der Waals surface area contributed by atoms with Crippen LogP contribution in [0, 0.1) is 10.8 Å². The second kappa shape index (κ2) is 11.4. The molecule has 11 heteroatoms. The third-order valence-corrected chi connectivity index (χ3v) is 6.07. The number of rotatable bonds is 9. The molecule has 0 radical (unpaired) electrons. The predicted octanol–water partition coefficient (Wildman–Crippen LogP) is 2.40. The van der Waals surface area contributed by atoms with Gasteiger partial charge in [0.1, 0.15) is 18.3 Å². The van der Waals surface area contributed by atoms with E-state index in [0.717, 1.165) is 11.8 Å². The molecule has 2 rings (SSSR count). The van der Waals surface area contributed by atoms with E-state index in [4.69, 9.17) is 4.74 Å². The lowest BCUT2D eigenvalue weighted by Gasteiger charge is -2.24. The molecule has 0 aliphatic carbocycles. The van der Waals surface area contributed by atoms with E-state index in [2.05, 4.69) is 10.5 Å². The van der Waals surface area contributed by atoms with Gasteiger partial charge in [0.25, 0.3) is 0 Å². The molecule has 2 amide bonds. The maximum Gasteiger partial charge on any atom is 0.413 e. The van der Waals surface area contributed by atoms with Gasteiger partial charge in [-0.1, -0.05) is 36.0 Å². The molecule has 0 spiro atoms. The van der Waals surface area contributed by atoms with Crippen molar-refractivity contribution < 1.29 is 29.0 Å². The summed E-state index contributed by atoms with van der Waals surface area (Å²) < 4.78 is 5.12. The van der Waals surface area contributed by atoms with Gasteiger partial charge in [-0.05, 0) is 37.5 Å². The molecule has 1 aromatic rings. The standard InChI is InChI=1S/C20H25N3O7S/c1-12(17(24)23-8-4-7-16(23)18(25)26)11-31-19(27)13(2)22-20(28)30-15-6-3-5-14(9-15)10-21-29/h3,5-6,9,12-13,16H,4,7-8,10-11H2,1-2H3,(H,22,28)(H,25,26)/t12-,13?,16+/m1/s1. The van der Waals surface area contributed by atoms with Crippen LogP contribution in [0.25, 0.3) is 0 Å². The number of benzene rings is 1. The Bertz CT molecular complexity index is 848. The number of carbonyl (C=O) groups excluding carboxylic acids is 3. The van der Waals surface area contributed by atoms with Crippen LogP contribution < -0.4 is 10.1 Å². The first-order valence-electron chi connectivity index (χ1n) is 9.79. The van der Waals surface area contributed by atoms with Crippen molar-refractivity contribution in [3.8, 4) is 5.75 Å². The highest BCUT2D eigenvalue weighted by molar-refractivity contribution is 8.13. The zero-order valence-electron chi connectivity index (χ0n) is 17.3. The molecule has 168 valence electrons.